The van der Waals surface area contributed by atoms with Crippen molar-refractivity contribution >= 4 is 17.5 Å². The number of hydrogen-bond donors (Lipinski definition) is 1. The Balaban J connectivity index is 1.84. The number of amides is 1. The predicted octanol–water partition coefficient (Wildman–Crippen LogP) is 5.18. The molecule has 4 heteroatoms. The Morgan fingerprint density at radius 1 is 0.880 bits per heavy atom. The number of hydrogen-bond acceptors (Lipinski definition) is 3. The summed E-state index contributed by atoms with van der Waals surface area (Å²) in [6.07, 6.45) is -0.472. The van der Waals surface area contributed by atoms with Gasteiger partial charge in [-0.05, 0) is 48.4 Å². The number of aromatic hydroxyl groups is 1. The minimum Gasteiger partial charge on any atom is -0.508 e. The number of carbonyl (C=O) groups excluding carboxylic acids is 1. The van der Waals surface area contributed by atoms with Gasteiger partial charge in [-0.15, -0.1) is 0 Å². The molecule has 1 amide bonds. The summed E-state index contributed by atoms with van der Waals surface area (Å²) >= 11 is 0. The Morgan fingerprint density at radius 3 is 2.00 bits per heavy atom. The number of rotatable bonds is 4. The Morgan fingerprint density at radius 2 is 1.44 bits per heavy atom. The van der Waals surface area contributed by atoms with Gasteiger partial charge < -0.3 is 9.84 Å². The standard InChI is InChI=1S/C21H19NO3/c1-16-17(9-8-14-20(16)23)15-25-21(24)22(18-10-4-2-5-11-18)19-12-6-3-7-13-19/h2-14,23H,15H2,1H3. The van der Waals surface area contributed by atoms with Crippen LogP contribution in [0.2, 0.25) is 0 Å². The van der Waals surface area contributed by atoms with Gasteiger partial charge in [0.2, 0.25) is 0 Å². The van der Waals surface area contributed by atoms with E-state index in [1.807, 2.05) is 66.7 Å². The molecule has 25 heavy (non-hydrogen) atoms. The SMILES string of the molecule is Cc1c(O)cccc1COC(=O)N(c1ccccc1)c1ccccc1. The molecular weight excluding hydrogens is 314 g/mol. The van der Waals surface area contributed by atoms with E-state index >= 15 is 0 Å². The van der Waals surface area contributed by atoms with Crippen LogP contribution in [-0.2, 0) is 11.3 Å². The summed E-state index contributed by atoms with van der Waals surface area (Å²) in [5.41, 5.74) is 2.94. The fourth-order valence-electron chi connectivity index (χ4n) is 2.54. The summed E-state index contributed by atoms with van der Waals surface area (Å²) in [6.45, 7) is 1.89. The zero-order chi connectivity index (χ0) is 17.6. The Kier molecular flexibility index (Phi) is 5.00. The lowest BCUT2D eigenvalue weighted by Gasteiger charge is -2.22. The molecule has 0 aliphatic rings. The molecule has 0 spiro atoms. The first-order valence-corrected chi connectivity index (χ1v) is 8.01. The van der Waals surface area contributed by atoms with Crippen LogP contribution in [0.3, 0.4) is 0 Å². The molecule has 0 heterocycles. The van der Waals surface area contributed by atoms with Crippen molar-refractivity contribution in [3.8, 4) is 5.75 Å². The molecule has 0 bridgehead atoms. The van der Waals surface area contributed by atoms with Crippen molar-refractivity contribution in [3.05, 3.63) is 90.0 Å². The first-order valence-electron chi connectivity index (χ1n) is 8.01. The molecular formula is C21H19NO3. The first-order chi connectivity index (χ1) is 12.2. The minimum atomic E-state index is -0.472. The second-order valence-corrected chi connectivity index (χ2v) is 5.62. The molecule has 0 saturated heterocycles. The molecule has 3 aromatic carbocycles. The van der Waals surface area contributed by atoms with Crippen molar-refractivity contribution in [2.45, 2.75) is 13.5 Å². The van der Waals surface area contributed by atoms with Gasteiger partial charge in [-0.25, -0.2) is 9.69 Å². The van der Waals surface area contributed by atoms with Crippen LogP contribution < -0.4 is 4.90 Å². The Hall–Kier alpha value is -3.27. The molecule has 3 rings (SSSR count). The quantitative estimate of drug-likeness (QED) is 0.716. The Labute approximate surface area is 146 Å². The first kappa shape index (κ1) is 16.6. The van der Waals surface area contributed by atoms with Gasteiger partial charge in [0.15, 0.2) is 0 Å². The molecule has 126 valence electrons. The number of ether oxygens (including phenoxy) is 1. The zero-order valence-electron chi connectivity index (χ0n) is 13.9. The summed E-state index contributed by atoms with van der Waals surface area (Å²) in [7, 11) is 0. The summed E-state index contributed by atoms with van der Waals surface area (Å²) < 4.78 is 5.51. The van der Waals surface area contributed by atoms with Gasteiger partial charge in [0.1, 0.15) is 12.4 Å². The van der Waals surface area contributed by atoms with Crippen LogP contribution in [0.15, 0.2) is 78.9 Å². The van der Waals surface area contributed by atoms with Crippen molar-refractivity contribution in [2.24, 2.45) is 0 Å². The van der Waals surface area contributed by atoms with Crippen LogP contribution in [-0.4, -0.2) is 11.2 Å². The van der Waals surface area contributed by atoms with Crippen molar-refractivity contribution in [2.75, 3.05) is 4.90 Å². The van der Waals surface area contributed by atoms with Crippen molar-refractivity contribution < 1.29 is 14.6 Å². The van der Waals surface area contributed by atoms with Crippen molar-refractivity contribution in [1.82, 2.24) is 0 Å². The van der Waals surface area contributed by atoms with E-state index in [0.717, 1.165) is 16.9 Å². The third kappa shape index (κ3) is 3.80. The maximum atomic E-state index is 12.8. The largest absolute Gasteiger partial charge is 0.508 e. The molecule has 0 fully saturated rings. The van der Waals surface area contributed by atoms with Gasteiger partial charge in [-0.2, -0.15) is 0 Å². The summed E-state index contributed by atoms with van der Waals surface area (Å²) in [5, 5.41) is 9.78. The summed E-state index contributed by atoms with van der Waals surface area (Å²) in [4.78, 5) is 14.3. The molecule has 0 aliphatic heterocycles. The van der Waals surface area contributed by atoms with E-state index in [0.29, 0.717) is 5.56 Å². The topological polar surface area (TPSA) is 49.8 Å². The smallest absolute Gasteiger partial charge is 0.419 e. The van der Waals surface area contributed by atoms with E-state index in [1.54, 1.807) is 19.1 Å². The molecule has 4 nitrogen and oxygen atoms in total. The number of carbonyl (C=O) groups is 1. The van der Waals surface area contributed by atoms with Gasteiger partial charge in [0.25, 0.3) is 0 Å². The molecule has 0 aromatic heterocycles. The molecule has 0 atom stereocenters. The summed E-state index contributed by atoms with van der Waals surface area (Å²) in [6, 6.07) is 23.9. The minimum absolute atomic E-state index is 0.0925. The highest BCUT2D eigenvalue weighted by Gasteiger charge is 2.19. The Bertz CT molecular complexity index is 808. The average molecular weight is 333 g/mol. The van der Waals surface area contributed by atoms with E-state index < -0.39 is 6.09 Å². The zero-order valence-corrected chi connectivity index (χ0v) is 13.9. The number of phenols is 1. The highest BCUT2D eigenvalue weighted by molar-refractivity contribution is 5.95. The molecule has 1 N–H and O–H groups in total. The normalized spacial score (nSPS) is 10.3. The lowest BCUT2D eigenvalue weighted by molar-refractivity contribution is 0.149. The van der Waals surface area contributed by atoms with E-state index in [9.17, 15) is 9.90 Å². The third-order valence-electron chi connectivity index (χ3n) is 3.98. The fourth-order valence-corrected chi connectivity index (χ4v) is 2.54. The van der Waals surface area contributed by atoms with Crippen LogP contribution in [0, 0.1) is 6.92 Å². The maximum Gasteiger partial charge on any atom is 0.419 e. The van der Waals surface area contributed by atoms with Crippen LogP contribution in [0.25, 0.3) is 0 Å². The highest BCUT2D eigenvalue weighted by Crippen LogP contribution is 2.27. The molecule has 0 saturated carbocycles. The maximum absolute atomic E-state index is 12.8. The highest BCUT2D eigenvalue weighted by atomic mass is 16.6. The van der Waals surface area contributed by atoms with Gasteiger partial charge in [0.05, 0.1) is 11.4 Å². The number of nitrogens with zero attached hydrogens (tertiary/aromatic N) is 1. The third-order valence-corrected chi connectivity index (χ3v) is 3.98. The van der Waals surface area contributed by atoms with E-state index in [2.05, 4.69) is 0 Å². The van der Waals surface area contributed by atoms with Gasteiger partial charge in [-0.3, -0.25) is 0 Å². The van der Waals surface area contributed by atoms with Gasteiger partial charge in [-0.1, -0.05) is 48.5 Å². The fraction of sp³-hybridized carbons (Fsp3) is 0.0952. The monoisotopic (exact) mass is 333 g/mol. The van der Waals surface area contributed by atoms with Crippen molar-refractivity contribution in [3.63, 3.8) is 0 Å². The second-order valence-electron chi connectivity index (χ2n) is 5.62. The molecule has 0 aliphatic carbocycles. The van der Waals surface area contributed by atoms with E-state index in [-0.39, 0.29) is 12.4 Å². The van der Waals surface area contributed by atoms with E-state index in [1.165, 1.54) is 4.90 Å². The number of anilines is 2. The van der Waals surface area contributed by atoms with Crippen LogP contribution in [0.4, 0.5) is 16.2 Å². The number of phenolic OH excluding ortho intramolecular Hbond substituents is 1. The number of para-hydroxylation sites is 2. The molecule has 0 unspecified atom stereocenters. The van der Waals surface area contributed by atoms with Crippen LogP contribution in [0.5, 0.6) is 5.75 Å². The van der Waals surface area contributed by atoms with Gasteiger partial charge >= 0.3 is 6.09 Å². The average Bonchev–Trinajstić information content (AvgIpc) is 2.65. The van der Waals surface area contributed by atoms with E-state index in [4.69, 9.17) is 4.74 Å². The number of benzene rings is 3. The molecule has 0 radical (unpaired) electrons. The van der Waals surface area contributed by atoms with Crippen LogP contribution >= 0.6 is 0 Å². The van der Waals surface area contributed by atoms with Crippen LogP contribution in [0.1, 0.15) is 11.1 Å². The molecule has 3 aromatic rings. The predicted molar refractivity (Wildman–Crippen MR) is 98.1 cm³/mol. The van der Waals surface area contributed by atoms with Crippen molar-refractivity contribution in [1.29, 1.82) is 0 Å². The lowest BCUT2D eigenvalue weighted by Crippen LogP contribution is -2.26. The summed E-state index contributed by atoms with van der Waals surface area (Å²) in [5.74, 6) is 0.191. The second kappa shape index (κ2) is 7.53. The lowest BCUT2D eigenvalue weighted by atomic mass is 10.1. The van der Waals surface area contributed by atoms with Gasteiger partial charge in [0, 0.05) is 0 Å².